The minimum atomic E-state index is -1.19. The van der Waals surface area contributed by atoms with Crippen LogP contribution in [0, 0.1) is 15.5 Å². The van der Waals surface area contributed by atoms with Crippen molar-refractivity contribution in [3.8, 4) is 17.0 Å². The number of non-ortho nitro benzene ring substituents is 1. The summed E-state index contributed by atoms with van der Waals surface area (Å²) in [6.07, 6.45) is 5.35. The molecule has 0 aliphatic heterocycles. The fourth-order valence-electron chi connectivity index (χ4n) is 5.58. The molecular formula is C40H44N8O11. The van der Waals surface area contributed by atoms with Crippen molar-refractivity contribution in [2.45, 2.75) is 83.7 Å². The number of aromatic nitrogens is 2. The van der Waals surface area contributed by atoms with Crippen molar-refractivity contribution < 1.29 is 43.4 Å². The Balaban J connectivity index is 0.000000323. The Labute approximate surface area is 337 Å². The lowest BCUT2D eigenvalue weighted by molar-refractivity contribution is -0.384. The van der Waals surface area contributed by atoms with Gasteiger partial charge in [-0.05, 0) is 88.3 Å². The summed E-state index contributed by atoms with van der Waals surface area (Å²) in [6, 6.07) is 16.0. The summed E-state index contributed by atoms with van der Waals surface area (Å²) in [5.41, 5.74) is 7.16. The number of carboxylic acid groups (broad SMARTS) is 1. The Bertz CT molecular complexity index is 2250. The molecule has 2 saturated carbocycles. The number of amidine groups is 1. The van der Waals surface area contributed by atoms with E-state index >= 15 is 0 Å². The van der Waals surface area contributed by atoms with Gasteiger partial charge in [0.1, 0.15) is 30.3 Å². The fraction of sp³-hybridized carbons (Fsp3) is 0.325. The van der Waals surface area contributed by atoms with E-state index < -0.39 is 34.6 Å². The van der Waals surface area contributed by atoms with Crippen molar-refractivity contribution in [1.82, 2.24) is 20.2 Å². The molecule has 0 spiro atoms. The number of anilines is 2. The van der Waals surface area contributed by atoms with Gasteiger partial charge in [0, 0.05) is 41.5 Å². The summed E-state index contributed by atoms with van der Waals surface area (Å²) in [5.74, 6) is -1.48. The first-order chi connectivity index (χ1) is 28.1. The molecule has 19 heteroatoms. The smallest absolute Gasteiger partial charge is 0.478 e. The lowest BCUT2D eigenvalue weighted by atomic mass is 9.96. The van der Waals surface area contributed by atoms with Gasteiger partial charge in [-0.15, -0.1) is 0 Å². The third kappa shape index (κ3) is 12.3. The van der Waals surface area contributed by atoms with Gasteiger partial charge in [-0.2, -0.15) is 0 Å². The summed E-state index contributed by atoms with van der Waals surface area (Å²) in [6.45, 7) is 3.45. The molecular weight excluding hydrogens is 768 g/mol. The Morgan fingerprint density at radius 1 is 0.966 bits per heavy atom. The number of benzene rings is 3. The van der Waals surface area contributed by atoms with Crippen LogP contribution in [0.4, 0.5) is 26.8 Å². The molecule has 0 saturated heterocycles. The topological polar surface area (TPSA) is 280 Å². The Morgan fingerprint density at radius 2 is 1.61 bits per heavy atom. The summed E-state index contributed by atoms with van der Waals surface area (Å²) < 4.78 is 16.3. The van der Waals surface area contributed by atoms with Crippen LogP contribution in [0.3, 0.4) is 0 Å². The van der Waals surface area contributed by atoms with Crippen molar-refractivity contribution in [1.29, 1.82) is 5.41 Å². The second-order valence-electron chi connectivity index (χ2n) is 14.0. The van der Waals surface area contributed by atoms with Crippen LogP contribution >= 0.6 is 0 Å². The number of nitro groups is 1. The van der Waals surface area contributed by atoms with Crippen molar-refractivity contribution in [3.05, 3.63) is 110 Å². The summed E-state index contributed by atoms with van der Waals surface area (Å²) in [7, 11) is 0. The number of ether oxygens (including phenoxy) is 3. The number of aromatic carboxylic acids is 1. The van der Waals surface area contributed by atoms with Crippen LogP contribution in [0.25, 0.3) is 11.3 Å². The third-order valence-corrected chi connectivity index (χ3v) is 9.13. The molecule has 1 heterocycles. The molecule has 0 radical (unpaired) electrons. The molecule has 2 fully saturated rings. The van der Waals surface area contributed by atoms with E-state index in [0.29, 0.717) is 11.1 Å². The molecule has 3 aromatic carbocycles. The number of nitrogens with two attached hydrogens (primary N) is 1. The van der Waals surface area contributed by atoms with E-state index in [1.54, 1.807) is 24.3 Å². The molecule has 0 atom stereocenters. The number of nitro benzene ring substituents is 1. The van der Waals surface area contributed by atoms with Crippen molar-refractivity contribution in [2.24, 2.45) is 0 Å². The largest absolute Gasteiger partial charge is 0.514 e. The first-order valence-corrected chi connectivity index (χ1v) is 18.7. The molecule has 0 unspecified atom stereocenters. The lowest BCUT2D eigenvalue weighted by Crippen LogP contribution is -2.36. The van der Waals surface area contributed by atoms with Crippen LogP contribution in [0.1, 0.15) is 73.9 Å². The number of hydrogen-bond acceptors (Lipinski definition) is 14. The number of carbonyl (C=O) groups excluding carboxylic acids is 3. The van der Waals surface area contributed by atoms with Crippen LogP contribution in [-0.2, 0) is 27.4 Å². The van der Waals surface area contributed by atoms with Gasteiger partial charge in [0.15, 0.2) is 5.82 Å². The maximum absolute atomic E-state index is 13.3. The molecule has 1 aromatic heterocycles. The molecule has 0 bridgehead atoms. The van der Waals surface area contributed by atoms with Crippen molar-refractivity contribution in [2.75, 3.05) is 11.1 Å². The number of carbonyl (C=O) groups is 4. The average molecular weight is 813 g/mol. The zero-order valence-electron chi connectivity index (χ0n) is 32.3. The number of carboxylic acids is 1. The van der Waals surface area contributed by atoms with Gasteiger partial charge < -0.3 is 35.7 Å². The number of hydrogen-bond donors (Lipinski definition) is 6. The number of nitrogens with zero attached hydrogens (tertiary/aromatic N) is 3. The molecule has 2 aliphatic carbocycles. The number of alkyl carbamates (subject to hydrolysis) is 1. The van der Waals surface area contributed by atoms with Crippen molar-refractivity contribution >= 4 is 47.2 Å². The van der Waals surface area contributed by atoms with E-state index in [2.05, 4.69) is 20.9 Å². The maximum atomic E-state index is 13.3. The highest BCUT2D eigenvalue weighted by Crippen LogP contribution is 2.25. The van der Waals surface area contributed by atoms with Crippen molar-refractivity contribution in [3.63, 3.8) is 0 Å². The zero-order chi connectivity index (χ0) is 42.6. The monoisotopic (exact) mass is 812 g/mol. The van der Waals surface area contributed by atoms with Gasteiger partial charge in [-0.3, -0.25) is 35.0 Å². The highest BCUT2D eigenvalue weighted by atomic mass is 16.7. The SMILES string of the molecule is CC(C)Nc1ncc(-c2cc(N)cc(C(=O)O)c2)n(CC(=O)NCc2ccc(C(=N)NC(=O)OC3CCC3)cc2)c1=O.O=C(Oc1ccc([N+](=O)[O-])cc1)OC1CCC1. The summed E-state index contributed by atoms with van der Waals surface area (Å²) in [5, 5.41) is 36.1. The Hall–Kier alpha value is -7.31. The van der Waals surface area contributed by atoms with Gasteiger partial charge >= 0.3 is 18.2 Å². The molecule has 7 N–H and O–H groups in total. The standard InChI is InChI=1S/C29H33N7O6.C11H11NO5/c1-16(2)34-26-27(38)36(23(14-33-26)19-10-20(28(39)40)12-21(30)11-19)15-24(37)32-13-17-6-8-18(9-7-17)25(31)35-29(41)42-22-4-3-5-22;13-11(16-9-2-1-3-9)17-10-6-4-8(5-7-10)12(14)15/h6-12,14,16,22H,3-5,13,15,30H2,1-2H3,(H,32,37)(H,33,34)(H,39,40)(H2,31,35,41);4-7,9H,1-3H2. The van der Waals surface area contributed by atoms with E-state index in [0.717, 1.165) is 44.1 Å². The van der Waals surface area contributed by atoms with Gasteiger partial charge in [0.25, 0.3) is 11.2 Å². The lowest BCUT2D eigenvalue weighted by Gasteiger charge is -2.25. The maximum Gasteiger partial charge on any atom is 0.514 e. The zero-order valence-corrected chi connectivity index (χ0v) is 32.3. The summed E-state index contributed by atoms with van der Waals surface area (Å²) >= 11 is 0. The van der Waals surface area contributed by atoms with Gasteiger partial charge in [0.2, 0.25) is 5.91 Å². The van der Waals surface area contributed by atoms with Crippen LogP contribution < -0.4 is 32.0 Å². The molecule has 59 heavy (non-hydrogen) atoms. The number of nitrogen functional groups attached to an aromatic ring is 1. The van der Waals surface area contributed by atoms with Gasteiger partial charge in [-0.1, -0.05) is 24.3 Å². The van der Waals surface area contributed by atoms with E-state index in [9.17, 15) is 39.2 Å². The number of nitrogens with one attached hydrogen (secondary N) is 4. The van der Waals surface area contributed by atoms with Crippen LogP contribution in [0.2, 0.25) is 0 Å². The molecule has 6 rings (SSSR count). The van der Waals surface area contributed by atoms with E-state index in [1.807, 2.05) is 13.8 Å². The highest BCUT2D eigenvalue weighted by Gasteiger charge is 2.24. The minimum Gasteiger partial charge on any atom is -0.478 e. The highest BCUT2D eigenvalue weighted by molar-refractivity contribution is 6.04. The summed E-state index contributed by atoms with van der Waals surface area (Å²) in [4.78, 5) is 75.1. The van der Waals surface area contributed by atoms with Gasteiger partial charge in [-0.25, -0.2) is 19.4 Å². The van der Waals surface area contributed by atoms with Crippen LogP contribution in [0.5, 0.6) is 5.75 Å². The average Bonchev–Trinajstić information content (AvgIpc) is 3.15. The predicted molar refractivity (Wildman–Crippen MR) is 214 cm³/mol. The number of rotatable bonds is 13. The molecule has 310 valence electrons. The first-order valence-electron chi connectivity index (χ1n) is 18.7. The quantitative estimate of drug-likeness (QED) is 0.0183. The number of amides is 2. The Morgan fingerprint density at radius 3 is 2.19 bits per heavy atom. The first kappa shape index (κ1) is 42.8. The molecule has 19 nitrogen and oxygen atoms in total. The van der Waals surface area contributed by atoms with E-state index in [4.69, 9.17) is 25.4 Å². The molecule has 4 aromatic rings. The molecule has 2 aliphatic rings. The molecule has 2 amide bonds. The van der Waals surface area contributed by atoms with Crippen LogP contribution in [-0.4, -0.2) is 67.8 Å². The van der Waals surface area contributed by atoms with Gasteiger partial charge in [0.05, 0.1) is 22.4 Å². The van der Waals surface area contributed by atoms with E-state index in [1.165, 1.54) is 53.2 Å². The van der Waals surface area contributed by atoms with Crippen LogP contribution in [0.15, 0.2) is 77.7 Å². The van der Waals surface area contributed by atoms with E-state index in [-0.39, 0.29) is 71.4 Å². The normalized spacial score (nSPS) is 13.3. The third-order valence-electron chi connectivity index (χ3n) is 9.13. The Kier molecular flexibility index (Phi) is 14.3. The predicted octanol–water partition coefficient (Wildman–Crippen LogP) is 5.59. The second kappa shape index (κ2) is 19.7. The fourth-order valence-corrected chi connectivity index (χ4v) is 5.58. The minimum absolute atomic E-state index is 0.0412. The second-order valence-corrected chi connectivity index (χ2v) is 14.0.